The second-order valence-corrected chi connectivity index (χ2v) is 8.28. The summed E-state index contributed by atoms with van der Waals surface area (Å²) in [6.07, 6.45) is 5.26. The number of rotatable bonds is 9. The molecule has 0 spiro atoms. The average molecular weight is 382 g/mol. The molecule has 2 aromatic rings. The molecule has 0 unspecified atom stereocenters. The fraction of sp³-hybridized carbons (Fsp3) is 0.412. The van der Waals surface area contributed by atoms with E-state index in [0.29, 0.717) is 10.8 Å². The number of aromatic nitrogens is 1. The zero-order valence-corrected chi connectivity index (χ0v) is 16.0. The lowest BCUT2D eigenvalue weighted by Gasteiger charge is -2.14. The number of hydrogen-bond acceptors (Lipinski definition) is 5. The van der Waals surface area contributed by atoms with E-state index in [-0.39, 0.29) is 16.7 Å². The molecule has 25 heavy (non-hydrogen) atoms. The van der Waals surface area contributed by atoms with Crippen molar-refractivity contribution in [3.63, 3.8) is 0 Å². The van der Waals surface area contributed by atoms with Crippen molar-refractivity contribution in [1.29, 1.82) is 0 Å². The van der Waals surface area contributed by atoms with E-state index in [1.54, 1.807) is 17.5 Å². The van der Waals surface area contributed by atoms with E-state index < -0.39 is 10.0 Å². The molecule has 1 aromatic carbocycles. The molecule has 0 saturated carbocycles. The number of hydrogen-bond donors (Lipinski definition) is 2. The highest BCUT2D eigenvalue weighted by Gasteiger charge is 2.18. The number of anilines is 2. The standard InChI is InChI=1S/C17H23N3O3S2/c1-3-5-6-13(4-2)16(21)19-14-7-9-15(10-8-14)25(22,23)20-17-18-11-12-24-17/h7-13H,3-6H2,1-2H3,(H,18,20)(H,19,21)/t13-/m1/s1. The number of carbonyl (C=O) groups excluding carboxylic acids is 1. The molecule has 1 heterocycles. The van der Waals surface area contributed by atoms with Crippen molar-refractivity contribution in [3.8, 4) is 0 Å². The van der Waals surface area contributed by atoms with Gasteiger partial charge in [0.25, 0.3) is 10.0 Å². The Hall–Kier alpha value is -1.93. The van der Waals surface area contributed by atoms with Gasteiger partial charge in [0, 0.05) is 23.2 Å². The third-order valence-electron chi connectivity index (χ3n) is 3.86. The Kier molecular flexibility index (Phi) is 6.95. The molecule has 0 fully saturated rings. The molecule has 136 valence electrons. The van der Waals surface area contributed by atoms with Crippen LogP contribution in [-0.4, -0.2) is 19.3 Å². The number of carbonyl (C=O) groups is 1. The van der Waals surface area contributed by atoms with Gasteiger partial charge in [-0.3, -0.25) is 9.52 Å². The van der Waals surface area contributed by atoms with Gasteiger partial charge < -0.3 is 5.32 Å². The molecule has 0 bridgehead atoms. The molecule has 0 aliphatic heterocycles. The van der Waals surface area contributed by atoms with Gasteiger partial charge in [-0.1, -0.05) is 26.7 Å². The summed E-state index contributed by atoms with van der Waals surface area (Å²) in [5.41, 5.74) is 0.591. The maximum atomic E-state index is 12.3. The molecule has 2 N–H and O–H groups in total. The number of unbranched alkanes of at least 4 members (excludes halogenated alkanes) is 1. The third-order valence-corrected chi connectivity index (χ3v) is 6.03. The fourth-order valence-corrected chi connectivity index (χ4v) is 4.17. The molecule has 0 saturated heterocycles. The van der Waals surface area contributed by atoms with Crippen LogP contribution in [0.15, 0.2) is 40.7 Å². The summed E-state index contributed by atoms with van der Waals surface area (Å²) in [4.78, 5) is 16.3. The van der Waals surface area contributed by atoms with Crippen LogP contribution in [0.25, 0.3) is 0 Å². The first kappa shape index (κ1) is 19.4. The molecule has 0 radical (unpaired) electrons. The highest BCUT2D eigenvalue weighted by Crippen LogP contribution is 2.21. The van der Waals surface area contributed by atoms with Crippen LogP contribution in [0, 0.1) is 5.92 Å². The summed E-state index contributed by atoms with van der Waals surface area (Å²) in [7, 11) is -3.68. The van der Waals surface area contributed by atoms with Crippen LogP contribution in [0.2, 0.25) is 0 Å². The first-order valence-corrected chi connectivity index (χ1v) is 10.7. The largest absolute Gasteiger partial charge is 0.326 e. The van der Waals surface area contributed by atoms with E-state index in [4.69, 9.17) is 0 Å². The molecule has 1 aromatic heterocycles. The monoisotopic (exact) mass is 381 g/mol. The third kappa shape index (κ3) is 5.54. The Bertz CT molecular complexity index is 772. The van der Waals surface area contributed by atoms with Crippen LogP contribution < -0.4 is 10.0 Å². The predicted molar refractivity (Wildman–Crippen MR) is 101 cm³/mol. The molecular formula is C17H23N3O3S2. The number of sulfonamides is 1. The summed E-state index contributed by atoms with van der Waals surface area (Å²) in [5.74, 6) is -0.0394. The average Bonchev–Trinajstić information content (AvgIpc) is 3.08. The van der Waals surface area contributed by atoms with Crippen molar-refractivity contribution >= 4 is 38.1 Å². The van der Waals surface area contributed by atoms with Crippen molar-refractivity contribution in [2.45, 2.75) is 44.4 Å². The van der Waals surface area contributed by atoms with E-state index in [1.165, 1.54) is 29.7 Å². The van der Waals surface area contributed by atoms with E-state index in [9.17, 15) is 13.2 Å². The van der Waals surface area contributed by atoms with Crippen molar-refractivity contribution in [2.75, 3.05) is 10.0 Å². The Balaban J connectivity index is 2.02. The molecular weight excluding hydrogens is 358 g/mol. The minimum Gasteiger partial charge on any atom is -0.326 e. The van der Waals surface area contributed by atoms with Gasteiger partial charge in [-0.2, -0.15) is 0 Å². The normalized spacial score (nSPS) is 12.6. The highest BCUT2D eigenvalue weighted by atomic mass is 32.2. The SMILES string of the molecule is CCCC[C@@H](CC)C(=O)Nc1ccc(S(=O)(=O)Nc2nccs2)cc1. The van der Waals surface area contributed by atoms with E-state index in [0.717, 1.165) is 25.7 Å². The second-order valence-electron chi connectivity index (χ2n) is 5.70. The summed E-state index contributed by atoms with van der Waals surface area (Å²) < 4.78 is 27.0. The Morgan fingerprint density at radius 3 is 2.52 bits per heavy atom. The molecule has 6 nitrogen and oxygen atoms in total. The number of thiazole rings is 1. The Labute approximate surface area is 152 Å². The topological polar surface area (TPSA) is 88.2 Å². The minimum atomic E-state index is -3.68. The van der Waals surface area contributed by atoms with Crippen molar-refractivity contribution in [2.24, 2.45) is 5.92 Å². The second kappa shape index (κ2) is 8.96. The van der Waals surface area contributed by atoms with E-state index in [2.05, 4.69) is 21.9 Å². The maximum absolute atomic E-state index is 12.3. The lowest BCUT2D eigenvalue weighted by molar-refractivity contribution is -0.120. The first-order chi connectivity index (χ1) is 12.0. The van der Waals surface area contributed by atoms with Gasteiger partial charge in [0.05, 0.1) is 4.90 Å². The fourth-order valence-electron chi connectivity index (χ4n) is 2.38. The van der Waals surface area contributed by atoms with Crippen molar-refractivity contribution < 1.29 is 13.2 Å². The summed E-state index contributed by atoms with van der Waals surface area (Å²) in [6, 6.07) is 6.14. The molecule has 0 aliphatic carbocycles. The molecule has 0 aliphatic rings. The zero-order chi connectivity index (χ0) is 18.3. The molecule has 1 atom stereocenters. The lowest BCUT2D eigenvalue weighted by atomic mass is 9.98. The van der Waals surface area contributed by atoms with Gasteiger partial charge >= 0.3 is 0 Å². The predicted octanol–water partition coefficient (Wildman–Crippen LogP) is 4.10. The first-order valence-electron chi connectivity index (χ1n) is 8.29. The van der Waals surface area contributed by atoms with Gasteiger partial charge in [-0.25, -0.2) is 13.4 Å². The van der Waals surface area contributed by atoms with Gasteiger partial charge in [-0.15, -0.1) is 11.3 Å². The summed E-state index contributed by atoms with van der Waals surface area (Å²) in [5, 5.41) is 4.87. The number of benzene rings is 1. The summed E-state index contributed by atoms with van der Waals surface area (Å²) >= 11 is 1.21. The van der Waals surface area contributed by atoms with Gasteiger partial charge in [-0.05, 0) is 37.1 Å². The Morgan fingerprint density at radius 2 is 1.96 bits per heavy atom. The van der Waals surface area contributed by atoms with Crippen LogP contribution in [0.4, 0.5) is 10.8 Å². The quantitative estimate of drug-likeness (QED) is 0.684. The van der Waals surface area contributed by atoms with Crippen molar-refractivity contribution in [3.05, 3.63) is 35.8 Å². The van der Waals surface area contributed by atoms with Gasteiger partial charge in [0.2, 0.25) is 5.91 Å². The van der Waals surface area contributed by atoms with Crippen LogP contribution in [0.3, 0.4) is 0 Å². The van der Waals surface area contributed by atoms with E-state index >= 15 is 0 Å². The Morgan fingerprint density at radius 1 is 1.24 bits per heavy atom. The van der Waals surface area contributed by atoms with Gasteiger partial charge in [0.1, 0.15) is 0 Å². The highest BCUT2D eigenvalue weighted by molar-refractivity contribution is 7.93. The molecule has 8 heteroatoms. The lowest BCUT2D eigenvalue weighted by Crippen LogP contribution is -2.22. The van der Waals surface area contributed by atoms with Crippen LogP contribution in [0.1, 0.15) is 39.5 Å². The maximum Gasteiger partial charge on any atom is 0.263 e. The number of nitrogens with one attached hydrogen (secondary N) is 2. The zero-order valence-electron chi connectivity index (χ0n) is 14.4. The molecule has 2 rings (SSSR count). The summed E-state index contributed by atoms with van der Waals surface area (Å²) in [6.45, 7) is 4.10. The smallest absolute Gasteiger partial charge is 0.263 e. The minimum absolute atomic E-state index is 0.0186. The van der Waals surface area contributed by atoms with Crippen molar-refractivity contribution in [1.82, 2.24) is 4.98 Å². The molecule has 1 amide bonds. The van der Waals surface area contributed by atoms with Crippen LogP contribution in [0.5, 0.6) is 0 Å². The van der Waals surface area contributed by atoms with Gasteiger partial charge in [0.15, 0.2) is 5.13 Å². The van der Waals surface area contributed by atoms with Crippen LogP contribution >= 0.6 is 11.3 Å². The number of amides is 1. The van der Waals surface area contributed by atoms with E-state index in [1.807, 2.05) is 6.92 Å². The number of nitrogens with zero attached hydrogens (tertiary/aromatic N) is 1. The van der Waals surface area contributed by atoms with Crippen LogP contribution in [-0.2, 0) is 14.8 Å².